The molecule has 0 radical (unpaired) electrons. The Bertz CT molecular complexity index is 570. The maximum Gasteiger partial charge on any atom is 0.119 e. The Morgan fingerprint density at radius 3 is 2.09 bits per heavy atom. The van der Waals surface area contributed by atoms with Gasteiger partial charge in [-0.15, -0.1) is 0 Å². The molecule has 1 nitrogen and oxygen atoms in total. The maximum atomic E-state index is 12.1. The van der Waals surface area contributed by atoms with Crippen LogP contribution in [0, 0.1) is 0 Å². The number of rotatable bonds is 8. The molecule has 0 saturated carbocycles. The third-order valence-corrected chi connectivity index (χ3v) is 3.62. The molecular weight excluding hydrogens is 275 g/mol. The Morgan fingerprint density at radius 1 is 0.864 bits per heavy atom. The van der Waals surface area contributed by atoms with E-state index in [1.54, 1.807) is 0 Å². The fourth-order valence-electron chi connectivity index (χ4n) is 2.32. The Hall–Kier alpha value is -2.09. The molecule has 0 aromatic heterocycles. The largest absolute Gasteiger partial charge is 0.494 e. The van der Waals surface area contributed by atoms with Gasteiger partial charge < -0.3 is 4.74 Å². The Kier molecular flexibility index (Phi) is 6.69. The lowest BCUT2D eigenvalue weighted by Crippen LogP contribution is -1.96. The Morgan fingerprint density at radius 2 is 1.50 bits per heavy atom. The predicted octanol–water partition coefficient (Wildman–Crippen LogP) is 6.25. The van der Waals surface area contributed by atoms with Gasteiger partial charge in [-0.2, -0.15) is 0 Å². The van der Waals surface area contributed by atoms with Gasteiger partial charge in [0.15, 0.2) is 0 Å². The van der Waals surface area contributed by atoms with Gasteiger partial charge in [0.25, 0.3) is 0 Å². The van der Waals surface area contributed by atoms with Gasteiger partial charge in [-0.3, -0.25) is 0 Å². The molecule has 0 amide bonds. The summed E-state index contributed by atoms with van der Waals surface area (Å²) >= 11 is 0. The quantitative estimate of drug-likeness (QED) is 0.523. The van der Waals surface area contributed by atoms with Crippen LogP contribution in [0.4, 0.5) is 4.39 Å². The van der Waals surface area contributed by atoms with E-state index >= 15 is 0 Å². The topological polar surface area (TPSA) is 9.23 Å². The van der Waals surface area contributed by atoms with Crippen molar-refractivity contribution in [1.82, 2.24) is 0 Å². The van der Waals surface area contributed by atoms with Crippen molar-refractivity contribution in [2.75, 3.05) is 6.61 Å². The summed E-state index contributed by atoms with van der Waals surface area (Å²) in [5, 5.41) is 0. The second-order valence-corrected chi connectivity index (χ2v) is 5.35. The van der Waals surface area contributed by atoms with Crippen LogP contribution >= 0.6 is 0 Å². The van der Waals surface area contributed by atoms with E-state index in [0.717, 1.165) is 35.5 Å². The monoisotopic (exact) mass is 298 g/mol. The van der Waals surface area contributed by atoms with Crippen molar-refractivity contribution in [3.05, 3.63) is 60.4 Å². The smallest absolute Gasteiger partial charge is 0.119 e. The summed E-state index contributed by atoms with van der Waals surface area (Å²) in [5.41, 5.74) is 3.11. The van der Waals surface area contributed by atoms with Crippen LogP contribution in [0.25, 0.3) is 17.2 Å². The van der Waals surface area contributed by atoms with Gasteiger partial charge in [0.1, 0.15) is 5.75 Å². The van der Waals surface area contributed by atoms with E-state index in [2.05, 4.69) is 19.1 Å². The van der Waals surface area contributed by atoms with Gasteiger partial charge in [0, 0.05) is 0 Å². The third kappa shape index (κ3) is 5.03. The first kappa shape index (κ1) is 16.3. The van der Waals surface area contributed by atoms with Gasteiger partial charge in [0.05, 0.1) is 12.9 Å². The molecule has 0 bridgehead atoms. The fourth-order valence-corrected chi connectivity index (χ4v) is 2.32. The molecule has 116 valence electrons. The molecule has 0 atom stereocenters. The lowest BCUT2D eigenvalue weighted by atomic mass is 10.0. The van der Waals surface area contributed by atoms with E-state index < -0.39 is 0 Å². The summed E-state index contributed by atoms with van der Waals surface area (Å²) in [5.74, 6) is 0.914. The average Bonchev–Trinajstić information content (AvgIpc) is 2.56. The highest BCUT2D eigenvalue weighted by atomic mass is 19.1. The summed E-state index contributed by atoms with van der Waals surface area (Å²) < 4.78 is 17.9. The maximum absolute atomic E-state index is 12.1. The van der Waals surface area contributed by atoms with Crippen molar-refractivity contribution in [3.8, 4) is 16.9 Å². The van der Waals surface area contributed by atoms with Crippen molar-refractivity contribution >= 4 is 6.08 Å². The van der Waals surface area contributed by atoms with Crippen LogP contribution in [-0.2, 0) is 0 Å². The number of halogens is 1. The Labute approximate surface area is 132 Å². The molecular formula is C20H23FO. The standard InChI is InChI=1S/C20H23FO/c1-2-3-4-5-16-22-20-12-10-19(11-13-20)18-8-6-17(7-9-18)14-15-21/h6-15H,2-5,16H2,1H3. The lowest BCUT2D eigenvalue weighted by Gasteiger charge is -2.07. The van der Waals surface area contributed by atoms with E-state index in [4.69, 9.17) is 4.74 Å². The molecule has 2 aromatic rings. The summed E-state index contributed by atoms with van der Waals surface area (Å²) in [6.45, 7) is 2.99. The molecule has 0 aliphatic heterocycles. The van der Waals surface area contributed by atoms with Crippen molar-refractivity contribution in [3.63, 3.8) is 0 Å². The van der Waals surface area contributed by atoms with E-state index in [0.29, 0.717) is 6.33 Å². The van der Waals surface area contributed by atoms with E-state index in [-0.39, 0.29) is 0 Å². The zero-order valence-corrected chi connectivity index (χ0v) is 13.1. The molecule has 0 aliphatic carbocycles. The van der Waals surface area contributed by atoms with Gasteiger partial charge in [0.2, 0.25) is 0 Å². The molecule has 0 spiro atoms. The highest BCUT2D eigenvalue weighted by molar-refractivity contribution is 5.66. The number of hydrogen-bond acceptors (Lipinski definition) is 1. The molecule has 0 unspecified atom stereocenters. The zero-order chi connectivity index (χ0) is 15.6. The van der Waals surface area contributed by atoms with Crippen LogP contribution in [0.2, 0.25) is 0 Å². The summed E-state index contributed by atoms with van der Waals surface area (Å²) in [7, 11) is 0. The van der Waals surface area contributed by atoms with Crippen molar-refractivity contribution in [2.45, 2.75) is 32.6 Å². The SMILES string of the molecule is CCCCCCOc1ccc(-c2ccc(C=CF)cc2)cc1. The number of benzene rings is 2. The summed E-state index contributed by atoms with van der Waals surface area (Å²) in [6.07, 6.45) is 6.86. The summed E-state index contributed by atoms with van der Waals surface area (Å²) in [4.78, 5) is 0. The van der Waals surface area contributed by atoms with Gasteiger partial charge >= 0.3 is 0 Å². The van der Waals surface area contributed by atoms with Crippen LogP contribution < -0.4 is 4.74 Å². The second-order valence-electron chi connectivity index (χ2n) is 5.35. The van der Waals surface area contributed by atoms with Crippen LogP contribution in [0.5, 0.6) is 5.75 Å². The normalized spacial score (nSPS) is 11.0. The van der Waals surface area contributed by atoms with Gasteiger partial charge in [-0.1, -0.05) is 62.6 Å². The molecule has 0 fully saturated rings. The predicted molar refractivity (Wildman–Crippen MR) is 91.7 cm³/mol. The van der Waals surface area contributed by atoms with Crippen molar-refractivity contribution in [1.29, 1.82) is 0 Å². The summed E-state index contributed by atoms with van der Waals surface area (Å²) in [6, 6.07) is 15.9. The number of unbranched alkanes of at least 4 members (excludes halogenated alkanes) is 3. The first-order chi connectivity index (χ1) is 10.8. The van der Waals surface area contributed by atoms with Crippen LogP contribution in [0.15, 0.2) is 54.9 Å². The fraction of sp³-hybridized carbons (Fsp3) is 0.300. The highest BCUT2D eigenvalue weighted by Gasteiger charge is 1.99. The average molecular weight is 298 g/mol. The number of hydrogen-bond donors (Lipinski definition) is 0. The van der Waals surface area contributed by atoms with Crippen molar-refractivity contribution in [2.24, 2.45) is 0 Å². The van der Waals surface area contributed by atoms with E-state index in [1.165, 1.54) is 25.3 Å². The first-order valence-corrected chi connectivity index (χ1v) is 7.93. The highest BCUT2D eigenvalue weighted by Crippen LogP contribution is 2.23. The second kappa shape index (κ2) is 9.04. The van der Waals surface area contributed by atoms with Crippen molar-refractivity contribution < 1.29 is 9.13 Å². The minimum absolute atomic E-state index is 0.557. The number of ether oxygens (including phenoxy) is 1. The molecule has 2 aromatic carbocycles. The first-order valence-electron chi connectivity index (χ1n) is 7.93. The van der Waals surface area contributed by atoms with Crippen LogP contribution in [0.3, 0.4) is 0 Å². The molecule has 0 heterocycles. The molecule has 0 aliphatic rings. The van der Waals surface area contributed by atoms with E-state index in [9.17, 15) is 4.39 Å². The lowest BCUT2D eigenvalue weighted by molar-refractivity contribution is 0.305. The van der Waals surface area contributed by atoms with Crippen LogP contribution in [0.1, 0.15) is 38.2 Å². The van der Waals surface area contributed by atoms with Gasteiger partial charge in [-0.05, 0) is 41.3 Å². The van der Waals surface area contributed by atoms with Crippen LogP contribution in [-0.4, -0.2) is 6.61 Å². The van der Waals surface area contributed by atoms with E-state index in [1.807, 2.05) is 36.4 Å². The zero-order valence-electron chi connectivity index (χ0n) is 13.1. The third-order valence-electron chi connectivity index (χ3n) is 3.62. The Balaban J connectivity index is 1.90. The van der Waals surface area contributed by atoms with Gasteiger partial charge in [-0.25, -0.2) is 4.39 Å². The minimum Gasteiger partial charge on any atom is -0.494 e. The molecule has 2 heteroatoms. The molecule has 0 saturated heterocycles. The molecule has 0 N–H and O–H groups in total. The molecule has 2 rings (SSSR count). The minimum atomic E-state index is 0.557. The molecule has 22 heavy (non-hydrogen) atoms.